The summed E-state index contributed by atoms with van der Waals surface area (Å²) < 4.78 is 0. The van der Waals surface area contributed by atoms with Crippen molar-refractivity contribution < 1.29 is 4.79 Å². The number of nitrogens with one attached hydrogen (secondary N) is 1. The van der Waals surface area contributed by atoms with E-state index in [-0.39, 0.29) is 0 Å². The molecule has 0 fully saturated rings. The van der Waals surface area contributed by atoms with Crippen LogP contribution in [0.15, 0.2) is 60.7 Å². The molecule has 2 aromatic carbocycles. The Morgan fingerprint density at radius 3 is 1.79 bits per heavy atom. The smallest absolute Gasteiger partial charge is 0.136 e. The molecule has 1 N–H and O–H groups in total. The lowest BCUT2D eigenvalue weighted by Crippen LogP contribution is -2.40. The van der Waals surface area contributed by atoms with Gasteiger partial charge in [0.25, 0.3) is 0 Å². The average molecular weight is 253 g/mol. The van der Waals surface area contributed by atoms with Crippen molar-refractivity contribution in [2.24, 2.45) is 0 Å². The molecule has 19 heavy (non-hydrogen) atoms. The maximum atomic E-state index is 11.9. The molecule has 0 saturated carbocycles. The van der Waals surface area contributed by atoms with E-state index in [0.29, 0.717) is 6.54 Å². The summed E-state index contributed by atoms with van der Waals surface area (Å²) in [5.41, 5.74) is 1.44. The number of benzene rings is 2. The molecule has 0 aliphatic rings. The van der Waals surface area contributed by atoms with Crippen molar-refractivity contribution >= 4 is 6.29 Å². The fraction of sp³-hybridized carbons (Fsp3) is 0.235. The first-order chi connectivity index (χ1) is 9.33. The predicted octanol–water partition coefficient (Wildman–Crippen LogP) is 2.78. The summed E-state index contributed by atoms with van der Waals surface area (Å²) in [6.45, 7) is 3.50. The Morgan fingerprint density at radius 1 is 0.947 bits per heavy atom. The predicted molar refractivity (Wildman–Crippen MR) is 78.3 cm³/mol. The van der Waals surface area contributed by atoms with Gasteiger partial charge in [-0.05, 0) is 17.7 Å². The molecule has 2 nitrogen and oxygen atoms in total. The Hall–Kier alpha value is -1.93. The first kappa shape index (κ1) is 13.5. The first-order valence-corrected chi connectivity index (χ1v) is 6.61. The number of aldehydes is 1. The van der Waals surface area contributed by atoms with Gasteiger partial charge in [-0.15, -0.1) is 0 Å². The highest BCUT2D eigenvalue weighted by molar-refractivity contribution is 5.75. The molecule has 98 valence electrons. The van der Waals surface area contributed by atoms with Crippen LogP contribution in [0.25, 0.3) is 0 Å². The normalized spacial score (nSPS) is 11.2. The van der Waals surface area contributed by atoms with Crippen LogP contribution in [0.5, 0.6) is 0 Å². The zero-order valence-electron chi connectivity index (χ0n) is 11.2. The van der Waals surface area contributed by atoms with Crippen LogP contribution < -0.4 is 5.32 Å². The first-order valence-electron chi connectivity index (χ1n) is 6.61. The van der Waals surface area contributed by atoms with E-state index in [2.05, 4.69) is 5.32 Å². The number of rotatable bonds is 6. The van der Waals surface area contributed by atoms with Gasteiger partial charge in [0.1, 0.15) is 6.29 Å². The highest BCUT2D eigenvalue weighted by Gasteiger charge is 2.33. The van der Waals surface area contributed by atoms with Gasteiger partial charge in [-0.25, -0.2) is 0 Å². The van der Waals surface area contributed by atoms with Crippen LogP contribution in [0.3, 0.4) is 0 Å². The maximum absolute atomic E-state index is 11.9. The fourth-order valence-corrected chi connectivity index (χ4v) is 2.34. The molecule has 0 spiro atoms. The van der Waals surface area contributed by atoms with Crippen LogP contribution in [-0.4, -0.2) is 19.4 Å². The minimum Gasteiger partial charge on any atom is -0.315 e. The van der Waals surface area contributed by atoms with Crippen molar-refractivity contribution in [3.8, 4) is 0 Å². The van der Waals surface area contributed by atoms with Crippen molar-refractivity contribution in [1.29, 1.82) is 0 Å². The Balaban J connectivity index is 2.51. The summed E-state index contributed by atoms with van der Waals surface area (Å²) in [5, 5.41) is 3.31. The second kappa shape index (κ2) is 6.30. The second-order valence-corrected chi connectivity index (χ2v) is 4.60. The summed E-state index contributed by atoms with van der Waals surface area (Å²) in [4.78, 5) is 11.9. The number of carbonyl (C=O) groups is 1. The number of carbonyl (C=O) groups excluding carboxylic acids is 1. The van der Waals surface area contributed by atoms with E-state index < -0.39 is 5.41 Å². The van der Waals surface area contributed by atoms with E-state index in [4.69, 9.17) is 0 Å². The summed E-state index contributed by atoms with van der Waals surface area (Å²) in [6.07, 6.45) is 1.06. The van der Waals surface area contributed by atoms with E-state index in [1.54, 1.807) is 0 Å². The van der Waals surface area contributed by atoms with E-state index in [1.165, 1.54) is 0 Å². The lowest BCUT2D eigenvalue weighted by Gasteiger charge is -2.29. The molecule has 0 radical (unpaired) electrons. The third-order valence-electron chi connectivity index (χ3n) is 3.43. The van der Waals surface area contributed by atoms with E-state index in [1.807, 2.05) is 67.6 Å². The maximum Gasteiger partial charge on any atom is 0.136 e. The molecule has 0 aliphatic carbocycles. The van der Waals surface area contributed by atoms with Crippen LogP contribution in [-0.2, 0) is 10.2 Å². The number of hydrogen-bond acceptors (Lipinski definition) is 2. The summed E-state index contributed by atoms with van der Waals surface area (Å²) in [6, 6.07) is 19.9. The van der Waals surface area contributed by atoms with Crippen molar-refractivity contribution in [2.45, 2.75) is 12.3 Å². The molecule has 2 heteroatoms. The molecule has 0 amide bonds. The second-order valence-electron chi connectivity index (χ2n) is 4.60. The van der Waals surface area contributed by atoms with Crippen LogP contribution in [0, 0.1) is 0 Å². The highest BCUT2D eigenvalue weighted by atomic mass is 16.1. The van der Waals surface area contributed by atoms with Crippen molar-refractivity contribution in [3.05, 3.63) is 71.8 Å². The Bertz CT molecular complexity index is 468. The molecule has 0 saturated heterocycles. The zero-order chi connectivity index (χ0) is 13.6. The third kappa shape index (κ3) is 2.74. The molecule has 2 rings (SSSR count). The Morgan fingerprint density at radius 2 is 1.42 bits per heavy atom. The van der Waals surface area contributed by atoms with Crippen LogP contribution in [0.1, 0.15) is 18.1 Å². The van der Waals surface area contributed by atoms with Gasteiger partial charge in [-0.3, -0.25) is 0 Å². The topological polar surface area (TPSA) is 29.1 Å². The van der Waals surface area contributed by atoms with Gasteiger partial charge in [-0.2, -0.15) is 0 Å². The van der Waals surface area contributed by atoms with Gasteiger partial charge < -0.3 is 10.1 Å². The van der Waals surface area contributed by atoms with E-state index in [9.17, 15) is 4.79 Å². The summed E-state index contributed by atoms with van der Waals surface area (Å²) >= 11 is 0. The molecule has 0 aromatic heterocycles. The summed E-state index contributed by atoms with van der Waals surface area (Å²) in [7, 11) is 0. The Labute approximate surface area is 114 Å². The third-order valence-corrected chi connectivity index (χ3v) is 3.43. The van der Waals surface area contributed by atoms with Crippen molar-refractivity contribution in [2.75, 3.05) is 13.1 Å². The largest absolute Gasteiger partial charge is 0.315 e. The summed E-state index contributed by atoms with van der Waals surface area (Å²) in [5.74, 6) is 0. The van der Waals surface area contributed by atoms with Gasteiger partial charge in [-0.1, -0.05) is 67.6 Å². The fourth-order valence-electron chi connectivity index (χ4n) is 2.34. The molecular weight excluding hydrogens is 234 g/mol. The minimum absolute atomic E-state index is 0.612. The monoisotopic (exact) mass is 253 g/mol. The Kier molecular flexibility index (Phi) is 4.48. The quantitative estimate of drug-likeness (QED) is 0.802. The average Bonchev–Trinajstić information content (AvgIpc) is 2.51. The van der Waals surface area contributed by atoms with Crippen LogP contribution in [0.2, 0.25) is 0 Å². The van der Waals surface area contributed by atoms with Gasteiger partial charge >= 0.3 is 0 Å². The molecule has 0 aliphatic heterocycles. The molecule has 0 heterocycles. The lowest BCUT2D eigenvalue weighted by molar-refractivity contribution is -0.111. The van der Waals surface area contributed by atoms with Crippen molar-refractivity contribution in [1.82, 2.24) is 5.32 Å². The van der Waals surface area contributed by atoms with Gasteiger partial charge in [0, 0.05) is 6.54 Å². The van der Waals surface area contributed by atoms with Crippen LogP contribution >= 0.6 is 0 Å². The molecule has 0 unspecified atom stereocenters. The molecule has 2 aromatic rings. The van der Waals surface area contributed by atoms with E-state index >= 15 is 0 Å². The molecular formula is C17H19NO. The van der Waals surface area contributed by atoms with Gasteiger partial charge in [0.15, 0.2) is 0 Å². The number of hydrogen-bond donors (Lipinski definition) is 1. The zero-order valence-corrected chi connectivity index (χ0v) is 11.2. The lowest BCUT2D eigenvalue weighted by atomic mass is 9.75. The minimum atomic E-state index is -0.613. The molecule has 0 bridgehead atoms. The SMILES string of the molecule is CCNCC(C=O)(c1ccccc1)c1ccccc1. The number of likely N-dealkylation sites (N-methyl/N-ethyl adjacent to an activating group) is 1. The van der Waals surface area contributed by atoms with Gasteiger partial charge in [0.2, 0.25) is 0 Å². The highest BCUT2D eigenvalue weighted by Crippen LogP contribution is 2.29. The van der Waals surface area contributed by atoms with Gasteiger partial charge in [0.05, 0.1) is 5.41 Å². The van der Waals surface area contributed by atoms with Crippen molar-refractivity contribution in [3.63, 3.8) is 0 Å². The molecule has 0 atom stereocenters. The standard InChI is InChI=1S/C17H19NO/c1-2-18-13-17(14-19,15-9-5-3-6-10-15)16-11-7-4-8-12-16/h3-12,14,18H,2,13H2,1H3. The van der Waals surface area contributed by atoms with Crippen LogP contribution in [0.4, 0.5) is 0 Å². The van der Waals surface area contributed by atoms with E-state index in [0.717, 1.165) is 24.0 Å².